The van der Waals surface area contributed by atoms with Crippen molar-refractivity contribution in [2.24, 2.45) is 4.99 Å². The number of unbranched alkanes of at least 4 members (excludes halogenated alkanes) is 1. The molecule has 0 aliphatic heterocycles. The molecule has 2 N–H and O–H groups in total. The quantitative estimate of drug-likeness (QED) is 0.382. The van der Waals surface area contributed by atoms with Crippen LogP contribution in [0, 0.1) is 0 Å². The molecule has 0 saturated heterocycles. The van der Waals surface area contributed by atoms with Crippen molar-refractivity contribution in [1.29, 1.82) is 0 Å². The van der Waals surface area contributed by atoms with Crippen LogP contribution in [0.4, 0.5) is 0 Å². The van der Waals surface area contributed by atoms with Crippen molar-refractivity contribution in [3.05, 3.63) is 0 Å². The number of hydrogen-bond acceptors (Lipinski definition) is 4. The highest BCUT2D eigenvalue weighted by Gasteiger charge is 2.29. The predicted molar refractivity (Wildman–Crippen MR) is 90.5 cm³/mol. The van der Waals surface area contributed by atoms with Crippen molar-refractivity contribution in [2.75, 3.05) is 37.9 Å². The van der Waals surface area contributed by atoms with Gasteiger partial charge in [0.25, 0.3) is 0 Å². The zero-order chi connectivity index (χ0) is 15.6. The van der Waals surface area contributed by atoms with Gasteiger partial charge in [0.15, 0.2) is 15.8 Å². The molecule has 7 heteroatoms. The Morgan fingerprint density at radius 2 is 1.90 bits per heavy atom. The molecule has 0 aromatic heterocycles. The summed E-state index contributed by atoms with van der Waals surface area (Å²) in [6, 6.07) is 0. The highest BCUT2D eigenvalue weighted by molar-refractivity contribution is 7.98. The second-order valence-corrected chi connectivity index (χ2v) is 8.99. The summed E-state index contributed by atoms with van der Waals surface area (Å²) in [7, 11) is -3.11. The van der Waals surface area contributed by atoms with Gasteiger partial charge in [0, 0.05) is 19.3 Å². The number of nitrogens with zero attached hydrogens (tertiary/aromatic N) is 1. The third kappa shape index (κ3) is 7.99. The second kappa shape index (κ2) is 9.50. The van der Waals surface area contributed by atoms with Crippen molar-refractivity contribution in [2.45, 2.75) is 38.4 Å². The first-order valence-corrected chi connectivity index (χ1v) is 10.2. The molecule has 120 valence electrons. The maximum atomic E-state index is 11.6. The molecule has 0 fully saturated rings. The molecule has 0 bridgehead atoms. The summed E-state index contributed by atoms with van der Waals surface area (Å²) in [6.07, 6.45) is 5.61. The summed E-state index contributed by atoms with van der Waals surface area (Å²) < 4.78 is 22.4. The van der Waals surface area contributed by atoms with Crippen molar-refractivity contribution in [1.82, 2.24) is 10.6 Å². The number of aliphatic imine (C=N–C) groups is 1. The lowest BCUT2D eigenvalue weighted by Gasteiger charge is -2.21. The Morgan fingerprint density at radius 1 is 1.25 bits per heavy atom. The molecule has 20 heavy (non-hydrogen) atoms. The maximum absolute atomic E-state index is 11.6. The molecule has 0 saturated carbocycles. The molecule has 0 unspecified atom stereocenters. The Bertz CT molecular complexity index is 392. The minimum absolute atomic E-state index is 0.256. The van der Waals surface area contributed by atoms with Crippen LogP contribution < -0.4 is 10.6 Å². The van der Waals surface area contributed by atoms with Crippen molar-refractivity contribution >= 4 is 27.6 Å². The standard InChI is InChI=1S/C13H29N3O2S2/c1-6-14-12(15-9-7-8-10-19-4)16-11-13(2,3)20(5,17)18/h6-11H2,1-5H3,(H2,14,15,16). The van der Waals surface area contributed by atoms with Crippen LogP contribution in [0.15, 0.2) is 4.99 Å². The Balaban J connectivity index is 4.40. The van der Waals surface area contributed by atoms with E-state index >= 15 is 0 Å². The molecule has 5 nitrogen and oxygen atoms in total. The molecule has 0 radical (unpaired) electrons. The fourth-order valence-electron chi connectivity index (χ4n) is 1.31. The van der Waals surface area contributed by atoms with Gasteiger partial charge in [0.05, 0.1) is 11.3 Å². The number of guanidine groups is 1. The Morgan fingerprint density at radius 3 is 2.40 bits per heavy atom. The van der Waals surface area contributed by atoms with E-state index in [1.54, 1.807) is 13.8 Å². The number of sulfone groups is 1. The van der Waals surface area contributed by atoms with E-state index < -0.39 is 14.6 Å². The molecular formula is C13H29N3O2S2. The topological polar surface area (TPSA) is 70.6 Å². The van der Waals surface area contributed by atoms with E-state index in [1.165, 1.54) is 12.7 Å². The van der Waals surface area contributed by atoms with Crippen LogP contribution in [0.25, 0.3) is 0 Å². The van der Waals surface area contributed by atoms with Crippen molar-refractivity contribution < 1.29 is 8.42 Å². The van der Waals surface area contributed by atoms with Crippen LogP contribution >= 0.6 is 11.8 Å². The minimum atomic E-state index is -3.11. The van der Waals surface area contributed by atoms with Gasteiger partial charge in [-0.3, -0.25) is 4.99 Å². The van der Waals surface area contributed by atoms with Crippen molar-refractivity contribution in [3.63, 3.8) is 0 Å². The third-order valence-corrected chi connectivity index (χ3v) is 5.87. The molecule has 0 aromatic rings. The fourth-order valence-corrected chi connectivity index (χ4v) is 2.10. The van der Waals surface area contributed by atoms with E-state index in [2.05, 4.69) is 21.9 Å². The van der Waals surface area contributed by atoms with Crippen LogP contribution in [0.5, 0.6) is 0 Å². The number of hydrogen-bond donors (Lipinski definition) is 2. The second-order valence-electron chi connectivity index (χ2n) is 5.35. The average Bonchev–Trinajstić information content (AvgIpc) is 2.34. The normalized spacial score (nSPS) is 13.3. The third-order valence-electron chi connectivity index (χ3n) is 3.03. The van der Waals surface area contributed by atoms with E-state index in [9.17, 15) is 8.42 Å². The summed E-state index contributed by atoms with van der Waals surface area (Å²) in [5, 5.41) is 6.37. The van der Waals surface area contributed by atoms with Gasteiger partial charge in [0.1, 0.15) is 0 Å². The van der Waals surface area contributed by atoms with E-state index in [-0.39, 0.29) is 6.54 Å². The molecule has 0 atom stereocenters. The minimum Gasteiger partial charge on any atom is -0.357 e. The van der Waals surface area contributed by atoms with Crippen LogP contribution in [-0.2, 0) is 9.84 Å². The van der Waals surface area contributed by atoms with E-state index in [0.717, 1.165) is 25.3 Å². The zero-order valence-corrected chi connectivity index (χ0v) is 15.0. The first-order chi connectivity index (χ1) is 9.24. The van der Waals surface area contributed by atoms with Gasteiger partial charge in [-0.25, -0.2) is 8.42 Å². The monoisotopic (exact) mass is 323 g/mol. The van der Waals surface area contributed by atoms with E-state index in [0.29, 0.717) is 5.96 Å². The Kier molecular flexibility index (Phi) is 9.29. The predicted octanol–water partition coefficient (Wildman–Crippen LogP) is 1.51. The molecule has 0 spiro atoms. The van der Waals surface area contributed by atoms with Gasteiger partial charge in [-0.15, -0.1) is 0 Å². The van der Waals surface area contributed by atoms with E-state index in [4.69, 9.17) is 0 Å². The summed E-state index contributed by atoms with van der Waals surface area (Å²) in [5.74, 6) is 1.85. The van der Waals surface area contributed by atoms with Crippen molar-refractivity contribution in [3.8, 4) is 0 Å². The Labute approximate surface area is 128 Å². The summed E-state index contributed by atoms with van der Waals surface area (Å²) >= 11 is 1.85. The summed E-state index contributed by atoms with van der Waals surface area (Å²) in [6.45, 7) is 7.27. The lowest BCUT2D eigenvalue weighted by atomic mass is 10.2. The zero-order valence-electron chi connectivity index (χ0n) is 13.3. The molecule has 0 amide bonds. The molecule has 0 heterocycles. The van der Waals surface area contributed by atoms with Crippen LogP contribution in [0.3, 0.4) is 0 Å². The SMILES string of the molecule is CCNC(=NCC(C)(C)S(C)(=O)=O)NCCCCSC. The van der Waals surface area contributed by atoms with Gasteiger partial charge >= 0.3 is 0 Å². The van der Waals surface area contributed by atoms with Gasteiger partial charge < -0.3 is 10.6 Å². The van der Waals surface area contributed by atoms with Crippen LogP contribution in [-0.4, -0.2) is 57.0 Å². The molecule has 0 aliphatic carbocycles. The molecule has 0 rings (SSSR count). The fraction of sp³-hybridized carbons (Fsp3) is 0.923. The van der Waals surface area contributed by atoms with E-state index in [1.807, 2.05) is 18.7 Å². The lowest BCUT2D eigenvalue weighted by molar-refractivity contribution is 0.554. The number of nitrogens with one attached hydrogen (secondary N) is 2. The first kappa shape index (κ1) is 19.6. The summed E-state index contributed by atoms with van der Waals surface area (Å²) in [4.78, 5) is 4.38. The molecular weight excluding hydrogens is 294 g/mol. The van der Waals surface area contributed by atoms with Gasteiger partial charge in [-0.2, -0.15) is 11.8 Å². The highest BCUT2D eigenvalue weighted by Crippen LogP contribution is 2.15. The van der Waals surface area contributed by atoms with Gasteiger partial charge in [-0.1, -0.05) is 0 Å². The Hall–Kier alpha value is -0.430. The van der Waals surface area contributed by atoms with Gasteiger partial charge in [-0.05, 0) is 45.6 Å². The largest absolute Gasteiger partial charge is 0.357 e. The van der Waals surface area contributed by atoms with Crippen LogP contribution in [0.1, 0.15) is 33.6 Å². The summed E-state index contributed by atoms with van der Waals surface area (Å²) in [5.41, 5.74) is 0. The van der Waals surface area contributed by atoms with Gasteiger partial charge in [0.2, 0.25) is 0 Å². The lowest BCUT2D eigenvalue weighted by Crippen LogP contribution is -2.41. The number of rotatable bonds is 9. The number of thioether (sulfide) groups is 1. The smallest absolute Gasteiger partial charge is 0.191 e. The maximum Gasteiger partial charge on any atom is 0.191 e. The highest BCUT2D eigenvalue weighted by atomic mass is 32.2. The molecule has 0 aromatic carbocycles. The van der Waals surface area contributed by atoms with Crippen LogP contribution in [0.2, 0.25) is 0 Å². The first-order valence-electron chi connectivity index (χ1n) is 6.95. The molecule has 0 aliphatic rings. The average molecular weight is 324 g/mol.